The van der Waals surface area contributed by atoms with Crippen molar-refractivity contribution in [1.82, 2.24) is 4.57 Å². The minimum absolute atomic E-state index is 0.105. The van der Waals surface area contributed by atoms with Gasteiger partial charge < -0.3 is 9.67 Å². The van der Waals surface area contributed by atoms with Crippen LogP contribution in [0.4, 0.5) is 5.69 Å². The summed E-state index contributed by atoms with van der Waals surface area (Å²) in [6.45, 7) is 0.116. The number of aliphatic hydroxyl groups is 1. The van der Waals surface area contributed by atoms with E-state index in [0.29, 0.717) is 10.7 Å². The van der Waals surface area contributed by atoms with E-state index < -0.39 is 16.1 Å². The fourth-order valence-corrected chi connectivity index (χ4v) is 6.24. The molecule has 0 aliphatic heterocycles. The zero-order chi connectivity index (χ0) is 24.6. The predicted molar refractivity (Wildman–Crippen MR) is 146 cm³/mol. The number of halogens is 2. The van der Waals surface area contributed by atoms with Crippen LogP contribution in [0.3, 0.4) is 0 Å². The molecule has 178 valence electrons. The second kappa shape index (κ2) is 9.66. The lowest BCUT2D eigenvalue weighted by molar-refractivity contribution is 0.166. The van der Waals surface area contributed by atoms with Gasteiger partial charge in [-0.25, -0.2) is 8.42 Å². The molecule has 5 nitrogen and oxygen atoms in total. The van der Waals surface area contributed by atoms with E-state index in [4.69, 9.17) is 11.6 Å². The molecule has 8 heteroatoms. The summed E-state index contributed by atoms with van der Waals surface area (Å²) in [5.74, 6) is 0. The van der Waals surface area contributed by atoms with Gasteiger partial charge in [0.2, 0.25) is 0 Å². The van der Waals surface area contributed by atoms with Crippen molar-refractivity contribution in [2.75, 3.05) is 10.8 Å². The van der Waals surface area contributed by atoms with E-state index in [-0.39, 0.29) is 18.0 Å². The van der Waals surface area contributed by atoms with Gasteiger partial charge in [0, 0.05) is 31.3 Å². The molecule has 5 aromatic rings. The van der Waals surface area contributed by atoms with Gasteiger partial charge in [-0.2, -0.15) is 0 Å². The second-order valence-corrected chi connectivity index (χ2v) is 11.5. The van der Waals surface area contributed by atoms with Crippen LogP contribution in [-0.2, 0) is 16.6 Å². The molecule has 5 rings (SSSR count). The lowest BCUT2D eigenvalue weighted by Crippen LogP contribution is -2.39. The van der Waals surface area contributed by atoms with Crippen LogP contribution in [0.1, 0.15) is 0 Å². The first-order valence-electron chi connectivity index (χ1n) is 11.0. The van der Waals surface area contributed by atoms with Gasteiger partial charge in [-0.1, -0.05) is 63.9 Å². The highest BCUT2D eigenvalue weighted by Crippen LogP contribution is 2.30. The molecule has 1 heterocycles. The minimum atomic E-state index is -3.95. The third-order valence-corrected chi connectivity index (χ3v) is 8.55. The standard InChI is InChI=1S/C27H22BrClN2O3S/c28-19-9-13-21(14-10-19)31(35(33,34)23-15-11-20(29)12-16-23)18-22(32)17-30-26-7-3-1-5-24(26)25-6-2-4-8-27(25)30/h1-16,22,32H,17-18H2. The Morgan fingerprint density at radius 3 is 1.94 bits per heavy atom. The van der Waals surface area contributed by atoms with Gasteiger partial charge in [-0.05, 0) is 60.7 Å². The van der Waals surface area contributed by atoms with Crippen molar-refractivity contribution in [1.29, 1.82) is 0 Å². The van der Waals surface area contributed by atoms with Crippen molar-refractivity contribution >= 4 is 65.0 Å². The van der Waals surface area contributed by atoms with Gasteiger partial charge in [-0.3, -0.25) is 4.31 Å². The van der Waals surface area contributed by atoms with Gasteiger partial charge in [0.05, 0.1) is 29.8 Å². The Kier molecular flexibility index (Phi) is 6.59. The van der Waals surface area contributed by atoms with Crippen molar-refractivity contribution in [2.24, 2.45) is 0 Å². The maximum Gasteiger partial charge on any atom is 0.264 e. The van der Waals surface area contributed by atoms with Gasteiger partial charge >= 0.3 is 0 Å². The number of aromatic nitrogens is 1. The summed E-state index contributed by atoms with van der Waals surface area (Å²) >= 11 is 9.38. The number of benzene rings is 4. The summed E-state index contributed by atoms with van der Waals surface area (Å²) in [6, 6.07) is 29.1. The quantitative estimate of drug-likeness (QED) is 0.244. The second-order valence-electron chi connectivity index (χ2n) is 8.27. The van der Waals surface area contributed by atoms with Gasteiger partial charge in [-0.15, -0.1) is 0 Å². The molecule has 0 saturated carbocycles. The van der Waals surface area contributed by atoms with Gasteiger partial charge in [0.15, 0.2) is 0 Å². The number of fused-ring (bicyclic) bond motifs is 3. The van der Waals surface area contributed by atoms with Crippen LogP contribution >= 0.6 is 27.5 Å². The molecule has 1 aromatic heterocycles. The molecule has 35 heavy (non-hydrogen) atoms. The molecule has 4 aromatic carbocycles. The van der Waals surface area contributed by atoms with Crippen LogP contribution < -0.4 is 4.31 Å². The number of anilines is 1. The average Bonchev–Trinajstić information content (AvgIpc) is 3.17. The van der Waals surface area contributed by atoms with Crippen molar-refractivity contribution < 1.29 is 13.5 Å². The lowest BCUT2D eigenvalue weighted by atomic mass is 10.2. The summed E-state index contributed by atoms with van der Waals surface area (Å²) in [5.41, 5.74) is 2.44. The van der Waals surface area contributed by atoms with Crippen LogP contribution in [0, 0.1) is 0 Å². The van der Waals surface area contributed by atoms with E-state index in [1.165, 1.54) is 16.4 Å². The van der Waals surface area contributed by atoms with Crippen LogP contribution in [0.5, 0.6) is 0 Å². The molecule has 0 radical (unpaired) electrons. The number of sulfonamides is 1. The highest BCUT2D eigenvalue weighted by molar-refractivity contribution is 9.10. The average molecular weight is 570 g/mol. The molecular formula is C27H22BrClN2O3S. The molecule has 1 atom stereocenters. The van der Waals surface area contributed by atoms with Crippen LogP contribution in [0.2, 0.25) is 5.02 Å². The van der Waals surface area contributed by atoms with Crippen LogP contribution in [0.15, 0.2) is 106 Å². The van der Waals surface area contributed by atoms with Crippen molar-refractivity contribution in [2.45, 2.75) is 17.5 Å². The molecule has 0 spiro atoms. The summed E-state index contributed by atoms with van der Waals surface area (Å²) < 4.78 is 31.4. The predicted octanol–water partition coefficient (Wildman–Crippen LogP) is 6.47. The first kappa shape index (κ1) is 23.9. The van der Waals surface area contributed by atoms with Crippen LogP contribution in [0.25, 0.3) is 21.8 Å². The first-order valence-corrected chi connectivity index (χ1v) is 13.6. The van der Waals surface area contributed by atoms with E-state index >= 15 is 0 Å². The molecule has 0 bridgehead atoms. The molecule has 0 fully saturated rings. The number of hydrogen-bond donors (Lipinski definition) is 1. The smallest absolute Gasteiger partial charge is 0.264 e. The Morgan fingerprint density at radius 2 is 1.37 bits per heavy atom. The fourth-order valence-electron chi connectivity index (χ4n) is 4.34. The number of aliphatic hydroxyl groups excluding tert-OH is 1. The molecular weight excluding hydrogens is 548 g/mol. The largest absolute Gasteiger partial charge is 0.389 e. The Balaban J connectivity index is 1.53. The van der Waals surface area contributed by atoms with Gasteiger partial charge in [0.1, 0.15) is 0 Å². The van der Waals surface area contributed by atoms with E-state index in [1.54, 1.807) is 36.4 Å². The number of hydrogen-bond acceptors (Lipinski definition) is 3. The monoisotopic (exact) mass is 568 g/mol. The molecule has 0 saturated heterocycles. The molecule has 0 amide bonds. The van der Waals surface area contributed by atoms with E-state index in [0.717, 1.165) is 26.3 Å². The van der Waals surface area contributed by atoms with E-state index in [2.05, 4.69) is 28.1 Å². The third kappa shape index (κ3) is 4.69. The van der Waals surface area contributed by atoms with Crippen molar-refractivity contribution in [3.63, 3.8) is 0 Å². The topological polar surface area (TPSA) is 62.5 Å². The maximum absolute atomic E-state index is 13.6. The zero-order valence-electron chi connectivity index (χ0n) is 18.6. The normalized spacial score (nSPS) is 12.8. The highest BCUT2D eigenvalue weighted by Gasteiger charge is 2.28. The Bertz CT molecular complexity index is 1550. The summed E-state index contributed by atoms with van der Waals surface area (Å²) in [5, 5.41) is 13.9. The fraction of sp³-hybridized carbons (Fsp3) is 0.111. The third-order valence-electron chi connectivity index (χ3n) is 5.97. The number of rotatable bonds is 7. The summed E-state index contributed by atoms with van der Waals surface area (Å²) in [7, 11) is -3.95. The van der Waals surface area contributed by atoms with E-state index in [9.17, 15) is 13.5 Å². The zero-order valence-corrected chi connectivity index (χ0v) is 21.7. The Hall–Kier alpha value is -2.84. The minimum Gasteiger partial charge on any atom is -0.389 e. The number of nitrogens with zero attached hydrogens (tertiary/aromatic N) is 2. The first-order chi connectivity index (χ1) is 16.8. The number of para-hydroxylation sites is 2. The Morgan fingerprint density at radius 1 is 0.829 bits per heavy atom. The lowest BCUT2D eigenvalue weighted by Gasteiger charge is -2.27. The summed E-state index contributed by atoms with van der Waals surface area (Å²) in [6.07, 6.45) is -0.972. The molecule has 1 unspecified atom stereocenters. The van der Waals surface area contributed by atoms with E-state index in [1.807, 2.05) is 41.0 Å². The Labute approximate surface area is 217 Å². The SMILES string of the molecule is O=S(=O)(c1ccc(Cl)cc1)N(CC(O)Cn1c2ccccc2c2ccccc21)c1ccc(Br)cc1. The van der Waals surface area contributed by atoms with Crippen molar-refractivity contribution in [3.8, 4) is 0 Å². The van der Waals surface area contributed by atoms with Crippen molar-refractivity contribution in [3.05, 3.63) is 107 Å². The van der Waals surface area contributed by atoms with Crippen LogP contribution in [-0.4, -0.2) is 30.7 Å². The maximum atomic E-state index is 13.6. The molecule has 0 aliphatic rings. The molecule has 0 aliphatic carbocycles. The molecule has 1 N–H and O–H groups in total. The highest BCUT2D eigenvalue weighted by atomic mass is 79.9. The van der Waals surface area contributed by atoms with Gasteiger partial charge in [0.25, 0.3) is 10.0 Å². The summed E-state index contributed by atoms with van der Waals surface area (Å²) in [4.78, 5) is 0.105.